The van der Waals surface area contributed by atoms with Crippen LogP contribution in [0.5, 0.6) is 0 Å². The van der Waals surface area contributed by atoms with E-state index in [4.69, 9.17) is 0 Å². The zero-order chi connectivity index (χ0) is 16.1. The molecule has 1 atom stereocenters. The molecular weight excluding hydrogens is 328 g/mol. The Bertz CT molecular complexity index is 577. The van der Waals surface area contributed by atoms with Crippen molar-refractivity contribution in [3.05, 3.63) is 5.01 Å². The number of hydrogen-bond donors (Lipinski definition) is 1. The molecule has 2 heterocycles. The average molecular weight is 344 g/mol. The van der Waals surface area contributed by atoms with Gasteiger partial charge in [-0.25, -0.2) is 0 Å². The normalized spacial score (nSPS) is 18.0. The molecule has 0 bridgehead atoms. The van der Waals surface area contributed by atoms with Crippen LogP contribution in [0.25, 0.3) is 0 Å². The summed E-state index contributed by atoms with van der Waals surface area (Å²) in [6, 6.07) is -0.814. The van der Waals surface area contributed by atoms with Crippen LogP contribution in [-0.4, -0.2) is 64.9 Å². The SMILES string of the molecule is COC(=O)C[C@H]1C(=O)NCCN1C(=O)CSc1nnc(C)s1. The van der Waals surface area contributed by atoms with Crippen molar-refractivity contribution < 1.29 is 19.1 Å². The Labute approximate surface area is 135 Å². The first-order valence-electron chi connectivity index (χ1n) is 6.58. The van der Waals surface area contributed by atoms with E-state index in [0.29, 0.717) is 17.4 Å². The number of piperazine rings is 1. The molecular formula is C12H16N4O4S2. The Morgan fingerprint density at radius 3 is 2.91 bits per heavy atom. The zero-order valence-electron chi connectivity index (χ0n) is 12.2. The molecule has 1 aliphatic rings. The molecule has 0 radical (unpaired) electrons. The van der Waals surface area contributed by atoms with E-state index < -0.39 is 12.0 Å². The van der Waals surface area contributed by atoms with Crippen molar-refractivity contribution in [2.24, 2.45) is 0 Å². The lowest BCUT2D eigenvalue weighted by molar-refractivity contribution is -0.149. The molecule has 8 nitrogen and oxygen atoms in total. The largest absolute Gasteiger partial charge is 0.469 e. The summed E-state index contributed by atoms with van der Waals surface area (Å²) in [6.07, 6.45) is -0.142. The number of methoxy groups -OCH3 is 1. The van der Waals surface area contributed by atoms with Crippen LogP contribution in [0.15, 0.2) is 4.34 Å². The number of rotatable bonds is 5. The van der Waals surface area contributed by atoms with Gasteiger partial charge in [-0.1, -0.05) is 23.1 Å². The van der Waals surface area contributed by atoms with Gasteiger partial charge in [0.2, 0.25) is 11.8 Å². The van der Waals surface area contributed by atoms with Crippen LogP contribution in [0.1, 0.15) is 11.4 Å². The lowest BCUT2D eigenvalue weighted by Crippen LogP contribution is -2.58. The predicted molar refractivity (Wildman–Crippen MR) is 80.5 cm³/mol. The van der Waals surface area contributed by atoms with Crippen molar-refractivity contribution >= 4 is 40.9 Å². The predicted octanol–water partition coefficient (Wildman–Crippen LogP) is -0.171. The minimum absolute atomic E-state index is 0.142. The van der Waals surface area contributed by atoms with Crippen molar-refractivity contribution in [2.45, 2.75) is 23.7 Å². The van der Waals surface area contributed by atoms with Crippen molar-refractivity contribution in [2.75, 3.05) is 26.0 Å². The molecule has 1 aromatic rings. The Morgan fingerprint density at radius 2 is 2.27 bits per heavy atom. The second kappa shape index (κ2) is 7.54. The number of esters is 1. The maximum atomic E-state index is 12.3. The summed E-state index contributed by atoms with van der Waals surface area (Å²) < 4.78 is 5.29. The van der Waals surface area contributed by atoms with Gasteiger partial charge in [0.25, 0.3) is 0 Å². The number of thioether (sulfide) groups is 1. The van der Waals surface area contributed by atoms with E-state index >= 15 is 0 Å². The van der Waals surface area contributed by atoms with E-state index in [9.17, 15) is 14.4 Å². The molecule has 2 amide bonds. The van der Waals surface area contributed by atoms with Gasteiger partial charge >= 0.3 is 5.97 Å². The Hall–Kier alpha value is -1.68. The molecule has 0 unspecified atom stereocenters. The van der Waals surface area contributed by atoms with Crippen molar-refractivity contribution in [3.63, 3.8) is 0 Å². The molecule has 0 aliphatic carbocycles. The van der Waals surface area contributed by atoms with Crippen LogP contribution >= 0.6 is 23.1 Å². The van der Waals surface area contributed by atoms with Crippen molar-refractivity contribution in [1.29, 1.82) is 0 Å². The molecule has 1 fully saturated rings. The van der Waals surface area contributed by atoms with Gasteiger partial charge in [-0.15, -0.1) is 10.2 Å². The minimum Gasteiger partial charge on any atom is -0.469 e. The fourth-order valence-corrected chi connectivity index (χ4v) is 3.70. The van der Waals surface area contributed by atoms with Gasteiger partial charge in [0.1, 0.15) is 11.0 Å². The Morgan fingerprint density at radius 1 is 1.50 bits per heavy atom. The van der Waals surface area contributed by atoms with Gasteiger partial charge in [-0.2, -0.15) is 0 Å². The number of carbonyl (C=O) groups excluding carboxylic acids is 3. The van der Waals surface area contributed by atoms with E-state index in [1.54, 1.807) is 0 Å². The summed E-state index contributed by atoms with van der Waals surface area (Å²) >= 11 is 2.69. The monoisotopic (exact) mass is 344 g/mol. The maximum absolute atomic E-state index is 12.3. The van der Waals surface area contributed by atoms with E-state index in [0.717, 1.165) is 5.01 Å². The molecule has 120 valence electrons. The fourth-order valence-electron chi connectivity index (χ4n) is 2.00. The number of nitrogens with one attached hydrogen (secondary N) is 1. The first kappa shape index (κ1) is 16.7. The molecule has 0 aromatic carbocycles. The van der Waals surface area contributed by atoms with E-state index in [-0.39, 0.29) is 24.0 Å². The first-order valence-corrected chi connectivity index (χ1v) is 8.38. The average Bonchev–Trinajstić information content (AvgIpc) is 2.92. The Balaban J connectivity index is 1.98. The number of aromatic nitrogens is 2. The highest BCUT2D eigenvalue weighted by Gasteiger charge is 2.34. The van der Waals surface area contributed by atoms with Crippen LogP contribution in [0, 0.1) is 6.92 Å². The molecule has 0 spiro atoms. The van der Waals surface area contributed by atoms with Gasteiger partial charge in [-0.05, 0) is 6.92 Å². The number of carbonyl (C=O) groups is 3. The minimum atomic E-state index is -0.814. The first-order chi connectivity index (χ1) is 10.5. The number of ether oxygens (including phenoxy) is 1. The van der Waals surface area contributed by atoms with Gasteiger partial charge in [0.15, 0.2) is 4.34 Å². The topological polar surface area (TPSA) is 101 Å². The zero-order valence-corrected chi connectivity index (χ0v) is 13.8. The number of hydrogen-bond acceptors (Lipinski definition) is 8. The fraction of sp³-hybridized carbons (Fsp3) is 0.583. The van der Waals surface area contributed by atoms with Crippen LogP contribution in [0.3, 0.4) is 0 Å². The van der Waals surface area contributed by atoms with Gasteiger partial charge in [-0.3, -0.25) is 14.4 Å². The summed E-state index contributed by atoms with van der Waals surface area (Å²) in [5.74, 6) is -0.907. The molecule has 2 rings (SSSR count). The highest BCUT2D eigenvalue weighted by molar-refractivity contribution is 8.01. The van der Waals surface area contributed by atoms with E-state index in [1.165, 1.54) is 35.1 Å². The summed E-state index contributed by atoms with van der Waals surface area (Å²) in [5.41, 5.74) is 0. The molecule has 1 aliphatic heterocycles. The van der Waals surface area contributed by atoms with Gasteiger partial charge < -0.3 is 15.0 Å². The van der Waals surface area contributed by atoms with Crippen molar-refractivity contribution in [1.82, 2.24) is 20.4 Å². The highest BCUT2D eigenvalue weighted by atomic mass is 32.2. The third kappa shape index (κ3) is 4.17. The third-order valence-electron chi connectivity index (χ3n) is 3.07. The second-order valence-electron chi connectivity index (χ2n) is 4.55. The van der Waals surface area contributed by atoms with Crippen LogP contribution in [0.4, 0.5) is 0 Å². The number of aryl methyl sites for hydroxylation is 1. The third-order valence-corrected chi connectivity index (χ3v) is 5.02. The van der Waals surface area contributed by atoms with Crippen LogP contribution < -0.4 is 5.32 Å². The smallest absolute Gasteiger partial charge is 0.308 e. The summed E-state index contributed by atoms with van der Waals surface area (Å²) in [7, 11) is 1.25. The van der Waals surface area contributed by atoms with Crippen LogP contribution in [0.2, 0.25) is 0 Å². The lowest BCUT2D eigenvalue weighted by Gasteiger charge is -2.34. The number of amides is 2. The van der Waals surface area contributed by atoms with Gasteiger partial charge in [0, 0.05) is 13.1 Å². The molecule has 1 N–H and O–H groups in total. The maximum Gasteiger partial charge on any atom is 0.308 e. The van der Waals surface area contributed by atoms with E-state index in [1.807, 2.05) is 6.92 Å². The molecule has 22 heavy (non-hydrogen) atoms. The second-order valence-corrected chi connectivity index (χ2v) is 6.95. The van der Waals surface area contributed by atoms with Crippen LogP contribution in [-0.2, 0) is 19.1 Å². The summed E-state index contributed by atoms with van der Waals surface area (Å²) in [5, 5.41) is 11.3. The number of nitrogens with zero attached hydrogens (tertiary/aromatic N) is 3. The summed E-state index contributed by atoms with van der Waals surface area (Å²) in [6.45, 7) is 2.59. The lowest BCUT2D eigenvalue weighted by atomic mass is 10.1. The molecule has 10 heteroatoms. The van der Waals surface area contributed by atoms with Gasteiger partial charge in [0.05, 0.1) is 19.3 Å². The summed E-state index contributed by atoms with van der Waals surface area (Å²) in [4.78, 5) is 37.1. The van der Waals surface area contributed by atoms with E-state index in [2.05, 4.69) is 20.3 Å². The molecule has 0 saturated carbocycles. The highest BCUT2D eigenvalue weighted by Crippen LogP contribution is 2.23. The standard InChI is InChI=1S/C12H16N4O4S2/c1-7-14-15-12(22-7)21-6-9(17)16-4-3-13-11(19)8(16)5-10(18)20-2/h8H,3-6H2,1-2H3,(H,13,19)/t8-/m0/s1. The molecule has 1 aromatic heterocycles. The van der Waals surface area contributed by atoms with Crippen molar-refractivity contribution in [3.8, 4) is 0 Å². The quantitative estimate of drug-likeness (QED) is 0.584. The molecule has 1 saturated heterocycles. The Kier molecular flexibility index (Phi) is 5.72.